The van der Waals surface area contributed by atoms with E-state index < -0.39 is 0 Å². The maximum atomic E-state index is 12.5. The number of carbonyl (C=O) groups excluding carboxylic acids is 1. The number of nitrogens with zero attached hydrogens (tertiary/aromatic N) is 6. The minimum absolute atomic E-state index is 0.127. The molecule has 8 nitrogen and oxygen atoms in total. The molecule has 9 heteroatoms. The number of thioether (sulfide) groups is 1. The van der Waals surface area contributed by atoms with Crippen LogP contribution in [0.15, 0.2) is 29.4 Å². The number of amides is 1. The quantitative estimate of drug-likeness (QED) is 0.710. The van der Waals surface area contributed by atoms with Gasteiger partial charge in [-0.15, -0.1) is 5.10 Å². The normalized spacial score (nSPS) is 14.8. The van der Waals surface area contributed by atoms with Crippen LogP contribution < -0.4 is 9.64 Å². The van der Waals surface area contributed by atoms with Gasteiger partial charge in [0, 0.05) is 31.9 Å². The van der Waals surface area contributed by atoms with E-state index in [-0.39, 0.29) is 11.9 Å². The van der Waals surface area contributed by atoms with Crippen molar-refractivity contribution in [3.8, 4) is 5.75 Å². The molecule has 0 bridgehead atoms. The highest BCUT2D eigenvalue weighted by Crippen LogP contribution is 2.22. The van der Waals surface area contributed by atoms with Crippen molar-refractivity contribution >= 4 is 23.4 Å². The zero-order valence-corrected chi connectivity index (χ0v) is 16.1. The van der Waals surface area contributed by atoms with E-state index >= 15 is 0 Å². The molecule has 2 heterocycles. The maximum Gasteiger partial charge on any atom is 0.233 e. The summed E-state index contributed by atoms with van der Waals surface area (Å²) in [6.07, 6.45) is 0. The van der Waals surface area contributed by atoms with Gasteiger partial charge in [0.15, 0.2) is 0 Å². The van der Waals surface area contributed by atoms with E-state index in [4.69, 9.17) is 4.74 Å². The summed E-state index contributed by atoms with van der Waals surface area (Å²) in [5, 5.41) is 12.3. The molecule has 0 N–H and O–H groups in total. The van der Waals surface area contributed by atoms with Gasteiger partial charge in [-0.2, -0.15) is 0 Å². The molecule has 26 heavy (non-hydrogen) atoms. The highest BCUT2D eigenvalue weighted by molar-refractivity contribution is 7.99. The third-order valence-corrected chi connectivity index (χ3v) is 5.26. The van der Waals surface area contributed by atoms with Gasteiger partial charge in [0.1, 0.15) is 5.75 Å². The Morgan fingerprint density at radius 3 is 2.50 bits per heavy atom. The third kappa shape index (κ3) is 4.27. The molecule has 3 rings (SSSR count). The molecule has 1 aliphatic heterocycles. The van der Waals surface area contributed by atoms with Crippen LogP contribution in [0.5, 0.6) is 5.75 Å². The fourth-order valence-electron chi connectivity index (χ4n) is 2.83. The topological polar surface area (TPSA) is 76.4 Å². The van der Waals surface area contributed by atoms with E-state index in [1.807, 2.05) is 30.9 Å². The van der Waals surface area contributed by atoms with Gasteiger partial charge in [-0.3, -0.25) is 4.79 Å². The number of aromatic nitrogens is 4. The summed E-state index contributed by atoms with van der Waals surface area (Å²) >= 11 is 1.39. The van der Waals surface area contributed by atoms with Gasteiger partial charge in [-0.25, -0.2) is 4.68 Å². The molecule has 0 aliphatic carbocycles. The standard InChI is InChI=1S/C17H24N6O2S/c1-13(2)23-17(18-19-20-23)26-12-16(24)22-10-8-21(9-11-22)14-4-6-15(25-3)7-5-14/h4-7,13H,8-12H2,1-3H3. The molecule has 0 spiro atoms. The Kier molecular flexibility index (Phi) is 5.97. The average Bonchev–Trinajstić information content (AvgIpc) is 3.15. The summed E-state index contributed by atoms with van der Waals surface area (Å²) in [5.41, 5.74) is 1.16. The van der Waals surface area contributed by atoms with Gasteiger partial charge in [-0.05, 0) is 48.5 Å². The number of rotatable bonds is 6. The minimum atomic E-state index is 0.127. The van der Waals surface area contributed by atoms with Crippen LogP contribution >= 0.6 is 11.8 Å². The number of tetrazole rings is 1. The number of hydrogen-bond acceptors (Lipinski definition) is 7. The zero-order chi connectivity index (χ0) is 18.5. The van der Waals surface area contributed by atoms with E-state index in [0.29, 0.717) is 10.9 Å². The van der Waals surface area contributed by atoms with Crippen LogP contribution in [-0.2, 0) is 4.79 Å². The fraction of sp³-hybridized carbons (Fsp3) is 0.529. The molecular formula is C17H24N6O2S. The first-order valence-corrected chi connectivity index (χ1v) is 9.64. The number of piperazine rings is 1. The van der Waals surface area contributed by atoms with Gasteiger partial charge in [0.25, 0.3) is 0 Å². The van der Waals surface area contributed by atoms with Gasteiger partial charge in [0.2, 0.25) is 11.1 Å². The molecule has 1 saturated heterocycles. The molecule has 1 aliphatic rings. The smallest absolute Gasteiger partial charge is 0.233 e. The van der Waals surface area contributed by atoms with Crippen LogP contribution in [0.25, 0.3) is 0 Å². The molecule has 0 atom stereocenters. The van der Waals surface area contributed by atoms with Crippen LogP contribution in [0, 0.1) is 0 Å². The largest absolute Gasteiger partial charge is 0.497 e. The second kappa shape index (κ2) is 8.39. The Morgan fingerprint density at radius 2 is 1.88 bits per heavy atom. The summed E-state index contributed by atoms with van der Waals surface area (Å²) in [7, 11) is 1.66. The molecule has 1 aromatic heterocycles. The van der Waals surface area contributed by atoms with Gasteiger partial charge in [-0.1, -0.05) is 11.8 Å². The van der Waals surface area contributed by atoms with Crippen molar-refractivity contribution < 1.29 is 9.53 Å². The fourth-order valence-corrected chi connectivity index (χ4v) is 3.74. The van der Waals surface area contributed by atoms with E-state index in [1.54, 1.807) is 11.8 Å². The number of benzene rings is 1. The Morgan fingerprint density at radius 1 is 1.19 bits per heavy atom. The molecule has 2 aromatic rings. The molecule has 0 radical (unpaired) electrons. The second-order valence-corrected chi connectivity index (χ2v) is 7.30. The number of ether oxygens (including phenoxy) is 1. The summed E-state index contributed by atoms with van der Waals surface area (Å²) in [4.78, 5) is 16.7. The van der Waals surface area contributed by atoms with Crippen LogP contribution in [-0.4, -0.2) is 70.1 Å². The van der Waals surface area contributed by atoms with Gasteiger partial charge >= 0.3 is 0 Å². The Bertz CT molecular complexity index is 725. The second-order valence-electron chi connectivity index (χ2n) is 6.35. The average molecular weight is 376 g/mol. The summed E-state index contributed by atoms with van der Waals surface area (Å²) in [6, 6.07) is 8.20. The lowest BCUT2D eigenvalue weighted by atomic mass is 10.2. The lowest BCUT2D eigenvalue weighted by Crippen LogP contribution is -2.49. The van der Waals surface area contributed by atoms with E-state index in [9.17, 15) is 4.79 Å². The van der Waals surface area contributed by atoms with Crippen LogP contribution in [0.2, 0.25) is 0 Å². The summed E-state index contributed by atoms with van der Waals surface area (Å²) in [5.74, 6) is 1.33. The number of carbonyl (C=O) groups is 1. The van der Waals surface area contributed by atoms with Crippen molar-refractivity contribution in [3.63, 3.8) is 0 Å². The van der Waals surface area contributed by atoms with Crippen molar-refractivity contribution in [2.45, 2.75) is 25.0 Å². The first-order valence-electron chi connectivity index (χ1n) is 8.66. The Labute approximate surface area is 157 Å². The zero-order valence-electron chi connectivity index (χ0n) is 15.3. The van der Waals surface area contributed by atoms with Crippen molar-refractivity contribution in [2.75, 3.05) is 43.9 Å². The van der Waals surface area contributed by atoms with Gasteiger partial charge < -0.3 is 14.5 Å². The van der Waals surface area contributed by atoms with E-state index in [2.05, 4.69) is 32.6 Å². The van der Waals surface area contributed by atoms with E-state index in [0.717, 1.165) is 37.6 Å². The highest BCUT2D eigenvalue weighted by Gasteiger charge is 2.22. The molecular weight excluding hydrogens is 352 g/mol. The monoisotopic (exact) mass is 376 g/mol. The van der Waals surface area contributed by atoms with Gasteiger partial charge in [0.05, 0.1) is 18.9 Å². The van der Waals surface area contributed by atoms with Crippen molar-refractivity contribution in [3.05, 3.63) is 24.3 Å². The van der Waals surface area contributed by atoms with Crippen LogP contribution in [0.4, 0.5) is 5.69 Å². The summed E-state index contributed by atoms with van der Waals surface area (Å²) in [6.45, 7) is 7.13. The lowest BCUT2D eigenvalue weighted by molar-refractivity contribution is -0.128. The molecule has 1 amide bonds. The number of methoxy groups -OCH3 is 1. The Hall–Kier alpha value is -2.29. The first kappa shape index (κ1) is 18.5. The molecule has 1 fully saturated rings. The molecule has 1 aromatic carbocycles. The van der Waals surface area contributed by atoms with Crippen LogP contribution in [0.1, 0.15) is 19.9 Å². The van der Waals surface area contributed by atoms with Crippen molar-refractivity contribution in [1.29, 1.82) is 0 Å². The predicted octanol–water partition coefficient (Wildman–Crippen LogP) is 1.70. The SMILES string of the molecule is COc1ccc(N2CCN(C(=O)CSc3nnnn3C(C)C)CC2)cc1. The van der Waals surface area contributed by atoms with Crippen molar-refractivity contribution in [2.24, 2.45) is 0 Å². The molecule has 0 saturated carbocycles. The number of anilines is 1. The maximum absolute atomic E-state index is 12.5. The minimum Gasteiger partial charge on any atom is -0.497 e. The number of hydrogen-bond donors (Lipinski definition) is 0. The Balaban J connectivity index is 1.49. The van der Waals surface area contributed by atoms with Crippen LogP contribution in [0.3, 0.4) is 0 Å². The molecule has 140 valence electrons. The molecule has 0 unspecified atom stereocenters. The highest BCUT2D eigenvalue weighted by atomic mass is 32.2. The summed E-state index contributed by atoms with van der Waals surface area (Å²) < 4.78 is 6.93. The lowest BCUT2D eigenvalue weighted by Gasteiger charge is -2.36. The first-order chi connectivity index (χ1) is 12.6. The van der Waals surface area contributed by atoms with E-state index in [1.165, 1.54) is 11.8 Å². The van der Waals surface area contributed by atoms with Crippen molar-refractivity contribution in [1.82, 2.24) is 25.1 Å². The third-order valence-electron chi connectivity index (χ3n) is 4.35. The predicted molar refractivity (Wildman–Crippen MR) is 101 cm³/mol.